The van der Waals surface area contributed by atoms with Crippen molar-refractivity contribution in [1.82, 2.24) is 4.68 Å². The molecule has 0 spiro atoms. The van der Waals surface area contributed by atoms with Crippen LogP contribution in [0, 0.1) is 0 Å². The van der Waals surface area contributed by atoms with Gasteiger partial charge in [-0.1, -0.05) is 16.3 Å². The normalized spacial score (nSPS) is 12.1. The molecule has 0 aliphatic heterocycles. The van der Waals surface area contributed by atoms with Gasteiger partial charge in [-0.25, -0.2) is 0 Å². The molecule has 1 aromatic heterocycles. The van der Waals surface area contributed by atoms with Crippen molar-refractivity contribution in [2.75, 3.05) is 7.05 Å². The largest absolute Gasteiger partial charge is 0.502 e. The molecule has 1 heterocycles. The average Bonchev–Trinajstić information content (AvgIpc) is 2.77. The van der Waals surface area contributed by atoms with Gasteiger partial charge in [0.05, 0.1) is 12.4 Å². The number of hydrogen-bond donors (Lipinski definition) is 1. The third kappa shape index (κ3) is 2.44. The zero-order valence-corrected chi connectivity index (χ0v) is 13.4. The highest BCUT2D eigenvalue weighted by molar-refractivity contribution is 6.30. The van der Waals surface area contributed by atoms with E-state index < -0.39 is 0 Å². The molecule has 3 aromatic rings. The first kappa shape index (κ1) is 14.5. The summed E-state index contributed by atoms with van der Waals surface area (Å²) in [6.07, 6.45) is 2.01. The minimum atomic E-state index is 0.189. The van der Waals surface area contributed by atoms with Crippen LogP contribution in [0.15, 0.2) is 47.7 Å². The van der Waals surface area contributed by atoms with E-state index in [4.69, 9.17) is 11.6 Å². The summed E-state index contributed by atoms with van der Waals surface area (Å²) in [5.74, 6) is 0.189. The Labute approximate surface area is 133 Å². The van der Waals surface area contributed by atoms with Crippen molar-refractivity contribution in [1.29, 1.82) is 0 Å². The molecule has 0 unspecified atom stereocenters. The number of fused-ring (bicyclic) bond motifs is 1. The van der Waals surface area contributed by atoms with Gasteiger partial charge in [-0.15, -0.1) is 9.36 Å². The molecular weight excluding hydrogens is 300 g/mol. The van der Waals surface area contributed by atoms with E-state index in [1.54, 1.807) is 22.9 Å². The molecule has 0 fully saturated rings. The summed E-state index contributed by atoms with van der Waals surface area (Å²) in [6.45, 7) is 0. The second-order valence-corrected chi connectivity index (χ2v) is 5.63. The Morgan fingerprint density at radius 1 is 1.18 bits per heavy atom. The minimum Gasteiger partial charge on any atom is -0.502 e. The predicted octanol–water partition coefficient (Wildman–Crippen LogP) is 3.42. The van der Waals surface area contributed by atoms with E-state index in [-0.39, 0.29) is 5.75 Å². The van der Waals surface area contributed by atoms with Crippen LogP contribution in [0.4, 0.5) is 11.4 Å². The molecule has 0 saturated carbocycles. The first-order valence-electron chi connectivity index (χ1n) is 6.85. The number of aromatic nitrogens is 2. The second-order valence-electron chi connectivity index (χ2n) is 5.20. The Morgan fingerprint density at radius 2 is 1.86 bits per heavy atom. The van der Waals surface area contributed by atoms with Crippen molar-refractivity contribution in [2.24, 2.45) is 19.2 Å². The molecule has 0 atom stereocenters. The monoisotopic (exact) mass is 316 g/mol. The number of aryl methyl sites for hydroxylation is 2. The lowest BCUT2D eigenvalue weighted by atomic mass is 10.2. The van der Waals surface area contributed by atoms with E-state index in [2.05, 4.69) is 5.11 Å². The van der Waals surface area contributed by atoms with Gasteiger partial charge in [-0.05, 0) is 41.5 Å². The zero-order chi connectivity index (χ0) is 15.9. The fourth-order valence-electron chi connectivity index (χ4n) is 2.52. The maximum Gasteiger partial charge on any atom is 0.302 e. The smallest absolute Gasteiger partial charge is 0.302 e. The summed E-state index contributed by atoms with van der Waals surface area (Å²) in [4.78, 5) is 0. The lowest BCUT2D eigenvalue weighted by Crippen LogP contribution is -2.36. The number of aromatic hydroxyl groups is 1. The topological polar surface area (TPSA) is 44.4 Å². The van der Waals surface area contributed by atoms with Crippen molar-refractivity contribution in [3.63, 3.8) is 0 Å². The molecule has 0 aliphatic carbocycles. The molecule has 0 radical (unpaired) electrons. The molecule has 0 saturated heterocycles. The van der Waals surface area contributed by atoms with Gasteiger partial charge in [0, 0.05) is 5.02 Å². The first-order chi connectivity index (χ1) is 10.5. The number of nitrogens with zero attached hydrogens (tertiary/aromatic N) is 4. The van der Waals surface area contributed by atoms with E-state index >= 15 is 0 Å². The summed E-state index contributed by atoms with van der Waals surface area (Å²) in [6, 6.07) is 10.8. The van der Waals surface area contributed by atoms with Crippen LogP contribution >= 0.6 is 11.6 Å². The van der Waals surface area contributed by atoms with Crippen LogP contribution in [-0.4, -0.2) is 21.5 Å². The minimum absolute atomic E-state index is 0.189. The summed E-state index contributed by atoms with van der Waals surface area (Å²) in [7, 11) is 5.72. The first-order valence-corrected chi connectivity index (χ1v) is 7.23. The highest BCUT2D eigenvalue weighted by Gasteiger charge is 2.24. The van der Waals surface area contributed by atoms with Crippen LogP contribution in [-0.2, 0) is 14.1 Å². The fourth-order valence-corrected chi connectivity index (χ4v) is 2.65. The highest BCUT2D eigenvalue weighted by Crippen LogP contribution is 2.34. The molecule has 1 N–H and O–H groups in total. The Balaban J connectivity index is 2.20. The van der Waals surface area contributed by atoms with Gasteiger partial charge in [-0.3, -0.25) is 0 Å². The van der Waals surface area contributed by atoms with E-state index in [1.165, 1.54) is 0 Å². The van der Waals surface area contributed by atoms with Gasteiger partial charge in [0.15, 0.2) is 25.4 Å². The number of azo groups is 2. The van der Waals surface area contributed by atoms with Crippen LogP contribution in [0.25, 0.3) is 10.9 Å². The maximum atomic E-state index is 10.3. The summed E-state index contributed by atoms with van der Waals surface area (Å²) >= 11 is 5.89. The van der Waals surface area contributed by atoms with E-state index in [0.29, 0.717) is 10.7 Å². The third-order valence-corrected chi connectivity index (χ3v) is 3.95. The maximum absolute atomic E-state index is 10.3. The molecule has 112 valence electrons. The highest BCUT2D eigenvalue weighted by atomic mass is 35.5. The predicted molar refractivity (Wildman–Crippen MR) is 85.1 cm³/mol. The van der Waals surface area contributed by atoms with Crippen molar-refractivity contribution < 1.29 is 14.5 Å². The molecule has 3 rings (SSSR count). The molecule has 22 heavy (non-hydrogen) atoms. The quantitative estimate of drug-likeness (QED) is 0.571. The van der Waals surface area contributed by atoms with Crippen LogP contribution in [0.1, 0.15) is 0 Å². The van der Waals surface area contributed by atoms with Gasteiger partial charge >= 0.3 is 5.69 Å². The van der Waals surface area contributed by atoms with Gasteiger partial charge in [-0.2, -0.15) is 0 Å². The number of halogens is 1. The summed E-state index contributed by atoms with van der Waals surface area (Å²) < 4.78 is 5.61. The zero-order valence-electron chi connectivity index (χ0n) is 12.7. The lowest BCUT2D eigenvalue weighted by molar-refractivity contribution is -0.748. The third-order valence-electron chi connectivity index (χ3n) is 3.70. The SMILES string of the molecule is Cn1c2c([N+](C)=Nc3ccc(Cl)cc3)c(O)ccc2c[n+]1C. The van der Waals surface area contributed by atoms with Crippen molar-refractivity contribution >= 4 is 33.9 Å². The molecule has 0 bridgehead atoms. The average molecular weight is 317 g/mol. The standard InChI is InChI=1S/C16H16ClN4O/c1-19-10-11-4-9-14(22)16(15(11)21(19)3)20(2)18-13-7-5-12(17)6-8-13/h4-10H,1-3H3/q+1/p+1. The van der Waals surface area contributed by atoms with E-state index in [9.17, 15) is 5.11 Å². The summed E-state index contributed by atoms with van der Waals surface area (Å²) in [5, 5.41) is 16.5. The van der Waals surface area contributed by atoms with Gasteiger partial charge in [0.25, 0.3) is 0 Å². The Morgan fingerprint density at radius 3 is 2.55 bits per heavy atom. The number of benzene rings is 2. The Kier molecular flexibility index (Phi) is 3.58. The lowest BCUT2D eigenvalue weighted by Gasteiger charge is -2.00. The molecule has 6 heteroatoms. The number of hydrogen-bond acceptors (Lipinski definition) is 2. The van der Waals surface area contributed by atoms with E-state index in [1.807, 2.05) is 54.9 Å². The van der Waals surface area contributed by atoms with Gasteiger partial charge in [0.1, 0.15) is 5.69 Å². The number of rotatable bonds is 2. The van der Waals surface area contributed by atoms with Gasteiger partial charge < -0.3 is 5.11 Å². The van der Waals surface area contributed by atoms with Crippen molar-refractivity contribution in [3.05, 3.63) is 47.6 Å². The van der Waals surface area contributed by atoms with Crippen molar-refractivity contribution in [2.45, 2.75) is 0 Å². The Bertz CT molecular complexity index is 881. The van der Waals surface area contributed by atoms with Crippen LogP contribution in [0.5, 0.6) is 5.75 Å². The Hall–Kier alpha value is -2.40. The molecule has 2 aromatic carbocycles. The molecular formula is C16H17ClN4O+2. The van der Waals surface area contributed by atoms with Crippen molar-refractivity contribution in [3.8, 4) is 5.75 Å². The second kappa shape index (κ2) is 5.42. The van der Waals surface area contributed by atoms with Crippen LogP contribution in [0.3, 0.4) is 0 Å². The number of phenolic OH excluding ortho intramolecular Hbond substituents is 1. The van der Waals surface area contributed by atoms with Crippen LogP contribution < -0.4 is 4.68 Å². The molecule has 0 amide bonds. The van der Waals surface area contributed by atoms with Crippen LogP contribution in [0.2, 0.25) is 5.02 Å². The molecule has 0 aliphatic rings. The molecule has 5 nitrogen and oxygen atoms in total. The van der Waals surface area contributed by atoms with E-state index in [0.717, 1.165) is 16.6 Å². The van der Waals surface area contributed by atoms with Gasteiger partial charge in [0.2, 0.25) is 6.20 Å². The summed E-state index contributed by atoms with van der Waals surface area (Å²) in [5.41, 5.74) is 2.35. The number of phenols is 1. The fraction of sp³-hybridized carbons (Fsp3) is 0.188.